The summed E-state index contributed by atoms with van der Waals surface area (Å²) in [6, 6.07) is 6.58. The highest BCUT2D eigenvalue weighted by Gasteiger charge is 2.34. The van der Waals surface area contributed by atoms with Crippen LogP contribution in [0.25, 0.3) is 0 Å². The molecule has 1 aliphatic heterocycles. The van der Waals surface area contributed by atoms with Crippen LogP contribution in [0.4, 0.5) is 5.69 Å². The van der Waals surface area contributed by atoms with Crippen LogP contribution in [-0.4, -0.2) is 69.1 Å². The number of amides is 2. The number of likely N-dealkylation sites (N-methyl/N-ethyl adjacent to an activating group) is 1. The molecule has 1 aromatic rings. The molecule has 2 N–H and O–H groups in total. The molecule has 0 aliphatic carbocycles. The monoisotopic (exact) mass is 392 g/mol. The highest BCUT2D eigenvalue weighted by molar-refractivity contribution is 5.92. The molecule has 2 atom stereocenters. The number of benzene rings is 1. The van der Waals surface area contributed by atoms with E-state index in [0.29, 0.717) is 31.0 Å². The van der Waals surface area contributed by atoms with Gasteiger partial charge >= 0.3 is 5.97 Å². The molecule has 1 aliphatic rings. The summed E-state index contributed by atoms with van der Waals surface area (Å²) in [5.41, 5.74) is 0.641. The SMILES string of the molecule is CCOC(=O)[C@@H]1CCCCN1C(=O)C[NH+](C)CC(=O)Nc1cccc(OC)c1. The molecule has 1 saturated heterocycles. The van der Waals surface area contributed by atoms with Crippen LogP contribution < -0.4 is 15.0 Å². The number of quaternary nitrogens is 1. The third kappa shape index (κ3) is 6.23. The Balaban J connectivity index is 1.88. The highest BCUT2D eigenvalue weighted by atomic mass is 16.5. The van der Waals surface area contributed by atoms with Crippen LogP contribution in [0.2, 0.25) is 0 Å². The third-order valence-electron chi connectivity index (χ3n) is 4.65. The number of carbonyl (C=O) groups is 3. The van der Waals surface area contributed by atoms with Crippen LogP contribution in [-0.2, 0) is 19.1 Å². The number of methoxy groups -OCH3 is 1. The van der Waals surface area contributed by atoms with Crippen molar-refractivity contribution in [3.05, 3.63) is 24.3 Å². The van der Waals surface area contributed by atoms with Gasteiger partial charge in [-0.2, -0.15) is 0 Å². The van der Waals surface area contributed by atoms with Crippen molar-refractivity contribution in [3.8, 4) is 5.75 Å². The van der Waals surface area contributed by atoms with Crippen LogP contribution in [0.1, 0.15) is 26.2 Å². The number of esters is 1. The molecule has 0 spiro atoms. The zero-order valence-corrected chi connectivity index (χ0v) is 16.8. The fourth-order valence-electron chi connectivity index (χ4n) is 3.32. The topological polar surface area (TPSA) is 89.4 Å². The smallest absolute Gasteiger partial charge is 0.328 e. The third-order valence-corrected chi connectivity index (χ3v) is 4.65. The Kier molecular flexibility index (Phi) is 8.25. The van der Waals surface area contributed by atoms with E-state index in [1.165, 1.54) is 0 Å². The van der Waals surface area contributed by atoms with Gasteiger partial charge in [0.1, 0.15) is 11.8 Å². The maximum atomic E-state index is 12.7. The van der Waals surface area contributed by atoms with Crippen molar-refractivity contribution >= 4 is 23.5 Å². The number of ether oxygens (including phenoxy) is 2. The molecule has 0 bridgehead atoms. The van der Waals surface area contributed by atoms with Gasteiger partial charge < -0.3 is 24.6 Å². The minimum atomic E-state index is -0.514. The molecule has 1 fully saturated rings. The van der Waals surface area contributed by atoms with Crippen LogP contribution >= 0.6 is 0 Å². The number of rotatable bonds is 8. The minimum Gasteiger partial charge on any atom is -0.497 e. The summed E-state index contributed by atoms with van der Waals surface area (Å²) in [6.45, 7) is 2.88. The van der Waals surface area contributed by atoms with Crippen molar-refractivity contribution in [2.45, 2.75) is 32.2 Å². The van der Waals surface area contributed by atoms with Crippen molar-refractivity contribution in [1.82, 2.24) is 4.90 Å². The van der Waals surface area contributed by atoms with E-state index in [1.54, 1.807) is 50.2 Å². The lowest BCUT2D eigenvalue weighted by Crippen LogP contribution is -3.11. The zero-order valence-electron chi connectivity index (χ0n) is 16.8. The number of hydrogen-bond donors (Lipinski definition) is 2. The van der Waals surface area contributed by atoms with E-state index >= 15 is 0 Å². The van der Waals surface area contributed by atoms with Crippen molar-refractivity contribution in [1.29, 1.82) is 0 Å². The number of nitrogens with one attached hydrogen (secondary N) is 2. The molecular weight excluding hydrogens is 362 g/mol. The molecule has 28 heavy (non-hydrogen) atoms. The van der Waals surface area contributed by atoms with Gasteiger partial charge in [0.2, 0.25) is 0 Å². The fourth-order valence-corrected chi connectivity index (χ4v) is 3.32. The van der Waals surface area contributed by atoms with E-state index in [0.717, 1.165) is 17.7 Å². The maximum Gasteiger partial charge on any atom is 0.328 e. The molecule has 1 aromatic carbocycles. The first-order valence-corrected chi connectivity index (χ1v) is 9.66. The summed E-state index contributed by atoms with van der Waals surface area (Å²) in [5, 5.41) is 2.81. The molecule has 2 rings (SSSR count). The van der Waals surface area contributed by atoms with Gasteiger partial charge in [0, 0.05) is 18.3 Å². The lowest BCUT2D eigenvalue weighted by atomic mass is 10.0. The Hall–Kier alpha value is -2.61. The van der Waals surface area contributed by atoms with Gasteiger partial charge in [-0.05, 0) is 38.3 Å². The Morgan fingerprint density at radius 2 is 2.04 bits per heavy atom. The summed E-state index contributed by atoms with van der Waals surface area (Å²) in [7, 11) is 3.35. The molecule has 2 amide bonds. The first kappa shape index (κ1) is 21.7. The zero-order chi connectivity index (χ0) is 20.5. The van der Waals surface area contributed by atoms with Gasteiger partial charge in [-0.3, -0.25) is 9.59 Å². The summed E-state index contributed by atoms with van der Waals surface area (Å²) < 4.78 is 10.2. The largest absolute Gasteiger partial charge is 0.497 e. The maximum absolute atomic E-state index is 12.7. The van der Waals surface area contributed by atoms with Crippen LogP contribution in [0.3, 0.4) is 0 Å². The van der Waals surface area contributed by atoms with Crippen LogP contribution in [0.5, 0.6) is 5.75 Å². The normalized spacial score (nSPS) is 17.5. The van der Waals surface area contributed by atoms with Gasteiger partial charge in [-0.25, -0.2) is 4.79 Å². The number of hydrogen-bond acceptors (Lipinski definition) is 5. The van der Waals surface area contributed by atoms with E-state index in [4.69, 9.17) is 9.47 Å². The lowest BCUT2D eigenvalue weighted by Gasteiger charge is -2.34. The molecular formula is C20H30N3O5+. The second-order valence-electron chi connectivity index (χ2n) is 6.94. The van der Waals surface area contributed by atoms with Gasteiger partial charge in [0.15, 0.2) is 13.1 Å². The molecule has 1 heterocycles. The van der Waals surface area contributed by atoms with Crippen molar-refractivity contribution in [3.63, 3.8) is 0 Å². The first-order chi connectivity index (χ1) is 13.4. The first-order valence-electron chi connectivity index (χ1n) is 9.66. The summed E-state index contributed by atoms with van der Waals surface area (Å²) >= 11 is 0. The summed E-state index contributed by atoms with van der Waals surface area (Å²) in [4.78, 5) is 39.5. The molecule has 0 aromatic heterocycles. The van der Waals surface area contributed by atoms with Crippen molar-refractivity contribution in [2.24, 2.45) is 0 Å². The Bertz CT molecular complexity index is 694. The second kappa shape index (κ2) is 10.7. The average molecular weight is 392 g/mol. The second-order valence-corrected chi connectivity index (χ2v) is 6.94. The molecule has 1 unspecified atom stereocenters. The predicted octanol–water partition coefficient (Wildman–Crippen LogP) is 0.0926. The Morgan fingerprint density at radius 1 is 1.25 bits per heavy atom. The molecule has 8 heteroatoms. The molecule has 154 valence electrons. The highest BCUT2D eigenvalue weighted by Crippen LogP contribution is 2.18. The van der Waals surface area contributed by atoms with Gasteiger partial charge in [0.05, 0.1) is 20.8 Å². The van der Waals surface area contributed by atoms with E-state index in [1.807, 2.05) is 0 Å². The van der Waals surface area contributed by atoms with E-state index < -0.39 is 6.04 Å². The molecule has 0 saturated carbocycles. The van der Waals surface area contributed by atoms with E-state index in [-0.39, 0.29) is 30.9 Å². The lowest BCUT2D eigenvalue weighted by molar-refractivity contribution is -0.862. The van der Waals surface area contributed by atoms with Crippen LogP contribution in [0, 0.1) is 0 Å². The molecule has 0 radical (unpaired) electrons. The number of anilines is 1. The number of likely N-dealkylation sites (tertiary alicyclic amines) is 1. The van der Waals surface area contributed by atoms with Gasteiger partial charge in [0.25, 0.3) is 11.8 Å². The summed E-state index contributed by atoms with van der Waals surface area (Å²) in [6.07, 6.45) is 2.40. The minimum absolute atomic E-state index is 0.135. The number of nitrogens with zero attached hydrogens (tertiary/aromatic N) is 1. The van der Waals surface area contributed by atoms with Crippen molar-refractivity contribution in [2.75, 3.05) is 45.7 Å². The van der Waals surface area contributed by atoms with Crippen molar-refractivity contribution < 1.29 is 28.8 Å². The van der Waals surface area contributed by atoms with Crippen LogP contribution in [0.15, 0.2) is 24.3 Å². The van der Waals surface area contributed by atoms with E-state index in [2.05, 4.69) is 5.32 Å². The standard InChI is InChI=1S/C20H29N3O5/c1-4-28-20(26)17-10-5-6-11-23(17)19(25)14-22(2)13-18(24)21-15-8-7-9-16(12-15)27-3/h7-9,12,17H,4-6,10-11,13-14H2,1-3H3,(H,21,24)/p+1/t17-/m0/s1. The van der Waals surface area contributed by atoms with Gasteiger partial charge in [-0.1, -0.05) is 6.07 Å². The number of carbonyl (C=O) groups excluding carboxylic acids is 3. The number of piperidine rings is 1. The molecule has 8 nitrogen and oxygen atoms in total. The predicted molar refractivity (Wildman–Crippen MR) is 104 cm³/mol. The summed E-state index contributed by atoms with van der Waals surface area (Å²) in [5.74, 6) is -0.0173. The Labute approximate surface area is 165 Å². The quantitative estimate of drug-likeness (QED) is 0.612. The van der Waals surface area contributed by atoms with Gasteiger partial charge in [-0.15, -0.1) is 0 Å². The fraction of sp³-hybridized carbons (Fsp3) is 0.550. The Morgan fingerprint density at radius 3 is 2.75 bits per heavy atom. The average Bonchev–Trinajstić information content (AvgIpc) is 2.68. The van der Waals surface area contributed by atoms with E-state index in [9.17, 15) is 14.4 Å².